The maximum atomic E-state index is 15.0. The first kappa shape index (κ1) is 23.6. The second kappa shape index (κ2) is 9.83. The summed E-state index contributed by atoms with van der Waals surface area (Å²) in [5.74, 6) is -0.333. The van der Waals surface area contributed by atoms with Gasteiger partial charge >= 0.3 is 0 Å². The maximum Gasteiger partial charge on any atom is 0.227 e. The van der Waals surface area contributed by atoms with Crippen LogP contribution in [0.5, 0.6) is 5.75 Å². The van der Waals surface area contributed by atoms with Crippen molar-refractivity contribution in [3.05, 3.63) is 53.2 Å². The van der Waals surface area contributed by atoms with Crippen molar-refractivity contribution in [3.63, 3.8) is 0 Å². The van der Waals surface area contributed by atoms with E-state index in [4.69, 9.17) is 16.3 Å². The summed E-state index contributed by atoms with van der Waals surface area (Å²) in [5, 5.41) is 6.58. The fourth-order valence-corrected chi connectivity index (χ4v) is 4.68. The number of nitrogens with zero attached hydrogens (tertiary/aromatic N) is 4. The van der Waals surface area contributed by atoms with Crippen molar-refractivity contribution in [1.29, 1.82) is 0 Å². The van der Waals surface area contributed by atoms with Gasteiger partial charge in [-0.05, 0) is 44.2 Å². The van der Waals surface area contributed by atoms with E-state index in [0.29, 0.717) is 41.5 Å². The predicted molar refractivity (Wildman–Crippen MR) is 135 cm³/mol. The Bertz CT molecular complexity index is 1230. The van der Waals surface area contributed by atoms with E-state index < -0.39 is 5.82 Å². The number of nitrogens with one attached hydrogen (secondary N) is 2. The van der Waals surface area contributed by atoms with Crippen LogP contribution in [0.25, 0.3) is 11.3 Å². The summed E-state index contributed by atoms with van der Waals surface area (Å²) in [4.78, 5) is 12.8. The Kier molecular flexibility index (Phi) is 6.62. The quantitative estimate of drug-likeness (QED) is 0.520. The normalized spacial score (nSPS) is 15.7. The molecule has 0 saturated carbocycles. The van der Waals surface area contributed by atoms with Gasteiger partial charge in [0.15, 0.2) is 11.6 Å². The van der Waals surface area contributed by atoms with Crippen LogP contribution in [-0.2, 0) is 0 Å². The number of ether oxygens (including phenoxy) is 1. The van der Waals surface area contributed by atoms with Crippen LogP contribution in [0, 0.1) is 11.6 Å². The Labute approximate surface area is 208 Å². The largest absolute Gasteiger partial charge is 0.486 e. The van der Waals surface area contributed by atoms with Crippen LogP contribution < -0.4 is 25.2 Å². The summed E-state index contributed by atoms with van der Waals surface area (Å²) >= 11 is 6.41. The molecule has 2 N–H and O–H groups in total. The van der Waals surface area contributed by atoms with E-state index in [1.165, 1.54) is 18.3 Å². The van der Waals surface area contributed by atoms with Crippen LogP contribution in [0.1, 0.15) is 13.8 Å². The second-order valence-corrected chi connectivity index (χ2v) is 9.27. The molecule has 0 unspecified atom stereocenters. The highest BCUT2D eigenvalue weighted by molar-refractivity contribution is 6.33. The molecular weight excluding hydrogens is 474 g/mol. The van der Waals surface area contributed by atoms with E-state index >= 15 is 0 Å². The average molecular weight is 501 g/mol. The fourth-order valence-electron chi connectivity index (χ4n) is 4.48. The lowest BCUT2D eigenvalue weighted by molar-refractivity contribution is 0.287. The van der Waals surface area contributed by atoms with E-state index in [-0.39, 0.29) is 28.6 Å². The molecule has 2 aliphatic heterocycles. The minimum Gasteiger partial charge on any atom is -0.486 e. The Morgan fingerprint density at radius 1 is 1.06 bits per heavy atom. The number of halogens is 3. The molecule has 0 atom stereocenters. The molecule has 0 aliphatic carbocycles. The molecular formula is C25H27ClF2N6O. The zero-order valence-electron chi connectivity index (χ0n) is 19.6. The molecule has 3 heterocycles. The van der Waals surface area contributed by atoms with Crippen LogP contribution in [0.4, 0.5) is 31.8 Å². The SMILES string of the molecule is CC(C)N1CCOc2c(F)cc(-c3nc(Nc4ccc(N5CCNCC5)c(F)c4)ncc3Cl)cc21. The molecule has 0 amide bonds. The highest BCUT2D eigenvalue weighted by Gasteiger charge is 2.25. The van der Waals surface area contributed by atoms with Crippen LogP contribution in [-0.4, -0.2) is 55.3 Å². The molecule has 3 aromatic rings. The van der Waals surface area contributed by atoms with E-state index in [2.05, 4.69) is 25.5 Å². The van der Waals surface area contributed by atoms with Crippen molar-refractivity contribution in [3.8, 4) is 17.0 Å². The van der Waals surface area contributed by atoms with Gasteiger partial charge in [-0.2, -0.15) is 0 Å². The van der Waals surface area contributed by atoms with Crippen molar-refractivity contribution >= 4 is 34.6 Å². The molecule has 184 valence electrons. The molecule has 7 nitrogen and oxygen atoms in total. The zero-order chi connectivity index (χ0) is 24.5. The van der Waals surface area contributed by atoms with Gasteiger partial charge in [0.05, 0.1) is 34.8 Å². The van der Waals surface area contributed by atoms with E-state index in [1.54, 1.807) is 12.1 Å². The highest BCUT2D eigenvalue weighted by atomic mass is 35.5. The van der Waals surface area contributed by atoms with Crippen LogP contribution in [0.15, 0.2) is 36.5 Å². The topological polar surface area (TPSA) is 65.6 Å². The number of anilines is 4. The van der Waals surface area contributed by atoms with E-state index in [1.807, 2.05) is 24.8 Å². The van der Waals surface area contributed by atoms with Gasteiger partial charge in [-0.15, -0.1) is 0 Å². The van der Waals surface area contributed by atoms with Crippen LogP contribution in [0.3, 0.4) is 0 Å². The van der Waals surface area contributed by atoms with Crippen molar-refractivity contribution < 1.29 is 13.5 Å². The Morgan fingerprint density at radius 3 is 2.60 bits per heavy atom. The number of piperazine rings is 1. The smallest absolute Gasteiger partial charge is 0.227 e. The molecule has 1 saturated heterocycles. The Hall–Kier alpha value is -3.17. The lowest BCUT2D eigenvalue weighted by atomic mass is 10.1. The molecule has 1 fully saturated rings. The summed E-state index contributed by atoms with van der Waals surface area (Å²) in [6.07, 6.45) is 1.45. The fraction of sp³-hybridized carbons (Fsp3) is 0.360. The average Bonchev–Trinajstić information content (AvgIpc) is 2.85. The van der Waals surface area contributed by atoms with Crippen molar-refractivity contribution in [1.82, 2.24) is 15.3 Å². The molecule has 2 aliphatic rings. The van der Waals surface area contributed by atoms with E-state index in [0.717, 1.165) is 26.2 Å². The first-order chi connectivity index (χ1) is 16.9. The number of hydrogen-bond donors (Lipinski definition) is 2. The molecule has 35 heavy (non-hydrogen) atoms. The molecule has 2 aromatic carbocycles. The molecule has 10 heteroatoms. The van der Waals surface area contributed by atoms with Gasteiger partial charge in [-0.3, -0.25) is 0 Å². The highest BCUT2D eigenvalue weighted by Crippen LogP contribution is 2.40. The Morgan fingerprint density at radius 2 is 1.86 bits per heavy atom. The predicted octanol–water partition coefficient (Wildman–Crippen LogP) is 4.84. The van der Waals surface area contributed by atoms with Gasteiger partial charge in [0.2, 0.25) is 5.95 Å². The monoisotopic (exact) mass is 500 g/mol. The molecule has 0 radical (unpaired) electrons. The van der Waals surface area contributed by atoms with Gasteiger partial charge < -0.3 is 25.2 Å². The Balaban J connectivity index is 1.43. The van der Waals surface area contributed by atoms with Crippen LogP contribution >= 0.6 is 11.6 Å². The van der Waals surface area contributed by atoms with Crippen molar-refractivity contribution in [2.45, 2.75) is 19.9 Å². The summed E-state index contributed by atoms with van der Waals surface area (Å²) in [5.41, 5.74) is 2.61. The first-order valence-electron chi connectivity index (χ1n) is 11.7. The summed E-state index contributed by atoms with van der Waals surface area (Å²) in [7, 11) is 0. The third-order valence-corrected chi connectivity index (χ3v) is 6.49. The second-order valence-electron chi connectivity index (χ2n) is 8.86. The van der Waals surface area contributed by atoms with Gasteiger partial charge in [0.1, 0.15) is 12.4 Å². The minimum absolute atomic E-state index is 0.171. The number of rotatable bonds is 5. The molecule has 0 spiro atoms. The van der Waals surface area contributed by atoms with Crippen molar-refractivity contribution in [2.75, 3.05) is 54.4 Å². The summed E-state index contributed by atoms with van der Waals surface area (Å²) < 4.78 is 35.4. The number of fused-ring (bicyclic) bond motifs is 1. The molecule has 1 aromatic heterocycles. The third-order valence-electron chi connectivity index (χ3n) is 6.21. The van der Waals surface area contributed by atoms with Gasteiger partial charge in [0, 0.05) is 43.5 Å². The van der Waals surface area contributed by atoms with E-state index in [9.17, 15) is 8.78 Å². The lowest BCUT2D eigenvalue weighted by Crippen LogP contribution is -2.43. The third kappa shape index (κ3) is 4.83. The minimum atomic E-state index is -0.474. The number of benzene rings is 2. The van der Waals surface area contributed by atoms with Gasteiger partial charge in [-0.25, -0.2) is 18.7 Å². The van der Waals surface area contributed by atoms with Crippen LogP contribution in [0.2, 0.25) is 5.02 Å². The zero-order valence-corrected chi connectivity index (χ0v) is 20.4. The summed E-state index contributed by atoms with van der Waals surface area (Å²) in [6, 6.07) is 8.32. The lowest BCUT2D eigenvalue weighted by Gasteiger charge is -2.34. The first-order valence-corrected chi connectivity index (χ1v) is 12.1. The molecule has 5 rings (SSSR count). The van der Waals surface area contributed by atoms with Gasteiger partial charge in [0.25, 0.3) is 0 Å². The number of hydrogen-bond acceptors (Lipinski definition) is 7. The standard InChI is InChI=1S/C25H27ClF2N6O/c1-15(2)34-9-10-35-24-20(28)11-16(12-22(24)34)23-18(26)14-30-25(32-23)31-17-3-4-21(19(27)13-17)33-7-5-29-6-8-33/h3-4,11-15,29H,5-10H2,1-2H3,(H,30,31,32). The molecule has 0 bridgehead atoms. The summed E-state index contributed by atoms with van der Waals surface area (Å²) in [6.45, 7) is 8.34. The maximum absolute atomic E-state index is 15.0. The number of aromatic nitrogens is 2. The van der Waals surface area contributed by atoms with Crippen molar-refractivity contribution in [2.24, 2.45) is 0 Å². The van der Waals surface area contributed by atoms with Gasteiger partial charge in [-0.1, -0.05) is 11.6 Å².